The largest absolute Gasteiger partial charge is 0.388 e. The van der Waals surface area contributed by atoms with Gasteiger partial charge in [0.2, 0.25) is 0 Å². The van der Waals surface area contributed by atoms with Gasteiger partial charge in [-0.05, 0) is 25.3 Å². The van der Waals surface area contributed by atoms with Crippen LogP contribution in [0, 0.1) is 6.92 Å². The Balaban J connectivity index is 1.54. The minimum atomic E-state index is -0.819. The maximum absolute atomic E-state index is 11.9. The second kappa shape index (κ2) is 7.77. The van der Waals surface area contributed by atoms with Crippen LogP contribution in [0.5, 0.6) is 0 Å². The minimum absolute atomic E-state index is 0.231. The molecule has 0 saturated carbocycles. The number of benzene rings is 1. The maximum atomic E-state index is 11.9. The Bertz CT molecular complexity index is 814. The zero-order chi connectivity index (χ0) is 17.8. The second-order valence-corrected chi connectivity index (χ2v) is 6.20. The third kappa shape index (κ3) is 4.25. The van der Waals surface area contributed by atoms with E-state index < -0.39 is 29.9 Å². The van der Waals surface area contributed by atoms with Crippen molar-refractivity contribution in [2.75, 3.05) is 6.61 Å². The van der Waals surface area contributed by atoms with Gasteiger partial charge >= 0.3 is 5.69 Å². The van der Waals surface area contributed by atoms with Gasteiger partial charge in [-0.1, -0.05) is 30.3 Å². The van der Waals surface area contributed by atoms with Crippen LogP contribution in [0.2, 0.25) is 0 Å². The molecule has 1 aliphatic heterocycles. The number of ether oxygens (including phenoxy) is 2. The van der Waals surface area contributed by atoms with E-state index in [0.29, 0.717) is 12.2 Å². The third-order valence-corrected chi connectivity index (χ3v) is 4.24. The number of nitrogens with zero attached hydrogens (tertiary/aromatic N) is 1. The molecule has 0 radical (unpaired) electrons. The lowest BCUT2D eigenvalue weighted by molar-refractivity contribution is -0.177. The number of rotatable bonds is 6. The van der Waals surface area contributed by atoms with E-state index in [9.17, 15) is 14.7 Å². The van der Waals surface area contributed by atoms with Crippen molar-refractivity contribution in [2.45, 2.75) is 44.8 Å². The van der Waals surface area contributed by atoms with Gasteiger partial charge in [-0.15, -0.1) is 0 Å². The van der Waals surface area contributed by atoms with Crippen molar-refractivity contribution in [2.24, 2.45) is 0 Å². The number of hydrogen-bond acceptors (Lipinski definition) is 5. The first-order valence-electron chi connectivity index (χ1n) is 8.35. The van der Waals surface area contributed by atoms with Gasteiger partial charge in [0.1, 0.15) is 12.3 Å². The summed E-state index contributed by atoms with van der Waals surface area (Å²) in [6.07, 6.45) is 1.10. The van der Waals surface area contributed by atoms with Gasteiger partial charge in [0.15, 0.2) is 6.29 Å². The SMILES string of the molecule is Cc1cn([C@H]2C[C@@H](O)[C@H](OCCCc3ccccc3)O2)c(=O)[nH]c1=O. The third-order valence-electron chi connectivity index (χ3n) is 4.24. The Morgan fingerprint density at radius 1 is 1.32 bits per heavy atom. The summed E-state index contributed by atoms with van der Waals surface area (Å²) < 4.78 is 12.6. The minimum Gasteiger partial charge on any atom is -0.388 e. The highest BCUT2D eigenvalue weighted by Crippen LogP contribution is 2.28. The summed E-state index contributed by atoms with van der Waals surface area (Å²) in [5.74, 6) is 0. The Kier molecular flexibility index (Phi) is 5.47. The van der Waals surface area contributed by atoms with Crippen molar-refractivity contribution < 1.29 is 14.6 Å². The van der Waals surface area contributed by atoms with E-state index in [1.807, 2.05) is 18.2 Å². The molecule has 1 fully saturated rings. The number of hydrogen-bond donors (Lipinski definition) is 2. The molecule has 0 amide bonds. The van der Waals surface area contributed by atoms with Gasteiger partial charge in [-0.25, -0.2) is 4.79 Å². The lowest BCUT2D eigenvalue weighted by atomic mass is 10.1. The van der Waals surface area contributed by atoms with E-state index in [-0.39, 0.29) is 6.42 Å². The summed E-state index contributed by atoms with van der Waals surface area (Å²) in [6.45, 7) is 2.06. The number of aryl methyl sites for hydroxylation is 2. The number of aliphatic hydroxyl groups excluding tert-OH is 1. The van der Waals surface area contributed by atoms with Crippen LogP contribution < -0.4 is 11.2 Å². The molecular formula is C18H22N2O5. The van der Waals surface area contributed by atoms with Crippen LogP contribution >= 0.6 is 0 Å². The quantitative estimate of drug-likeness (QED) is 0.764. The zero-order valence-electron chi connectivity index (χ0n) is 14.1. The molecule has 3 atom stereocenters. The molecule has 7 heteroatoms. The fourth-order valence-corrected chi connectivity index (χ4v) is 2.87. The fraction of sp³-hybridized carbons (Fsp3) is 0.444. The molecule has 2 N–H and O–H groups in total. The molecule has 0 unspecified atom stereocenters. The normalized spacial score (nSPS) is 23.0. The number of H-pyrrole nitrogens is 1. The van der Waals surface area contributed by atoms with Crippen LogP contribution in [0.25, 0.3) is 0 Å². The summed E-state index contributed by atoms with van der Waals surface area (Å²) in [5, 5.41) is 10.1. The van der Waals surface area contributed by atoms with E-state index >= 15 is 0 Å². The predicted molar refractivity (Wildman–Crippen MR) is 91.3 cm³/mol. The Morgan fingerprint density at radius 2 is 2.08 bits per heavy atom. The summed E-state index contributed by atoms with van der Waals surface area (Å²) in [7, 11) is 0. The van der Waals surface area contributed by atoms with E-state index in [4.69, 9.17) is 9.47 Å². The van der Waals surface area contributed by atoms with Crippen molar-refractivity contribution in [3.05, 3.63) is 68.5 Å². The highest BCUT2D eigenvalue weighted by Gasteiger charge is 2.36. The number of aliphatic hydroxyl groups is 1. The topological polar surface area (TPSA) is 93.6 Å². The lowest BCUT2D eigenvalue weighted by Gasteiger charge is -2.17. The Morgan fingerprint density at radius 3 is 2.84 bits per heavy atom. The molecule has 25 heavy (non-hydrogen) atoms. The molecule has 1 aromatic carbocycles. The standard InChI is InChI=1S/C18H22N2O5/c1-12-11-20(18(23)19-16(12)22)15-10-14(21)17(25-15)24-9-5-8-13-6-3-2-4-7-13/h2-4,6-7,11,14-15,17,21H,5,8-10H2,1H3,(H,19,22,23)/t14-,15-,17-/m1/s1. The second-order valence-electron chi connectivity index (χ2n) is 6.20. The molecule has 2 heterocycles. The molecule has 3 rings (SSSR count). The summed E-state index contributed by atoms with van der Waals surface area (Å²) in [5.41, 5.74) is 0.656. The molecule has 0 spiro atoms. The Hall–Kier alpha value is -2.22. The molecule has 1 aromatic heterocycles. The van der Waals surface area contributed by atoms with Gasteiger partial charge in [0, 0.05) is 18.2 Å². The van der Waals surface area contributed by atoms with Crippen molar-refractivity contribution in [3.63, 3.8) is 0 Å². The molecule has 1 aliphatic rings. The fourth-order valence-electron chi connectivity index (χ4n) is 2.87. The van der Waals surface area contributed by atoms with Crippen LogP contribution in [-0.4, -0.2) is 33.7 Å². The number of aromatic amines is 1. The summed E-state index contributed by atoms with van der Waals surface area (Å²) >= 11 is 0. The first-order chi connectivity index (χ1) is 12.0. The highest BCUT2D eigenvalue weighted by molar-refractivity contribution is 5.14. The molecule has 0 aliphatic carbocycles. The van der Waals surface area contributed by atoms with Gasteiger partial charge in [-0.2, -0.15) is 0 Å². The first kappa shape index (κ1) is 17.6. The molecule has 134 valence electrons. The predicted octanol–water partition coefficient (Wildman–Crippen LogP) is 1.10. The van der Waals surface area contributed by atoms with Gasteiger partial charge in [-0.3, -0.25) is 14.3 Å². The Labute approximate surface area is 144 Å². The average molecular weight is 346 g/mol. The number of aromatic nitrogens is 2. The smallest absolute Gasteiger partial charge is 0.330 e. The average Bonchev–Trinajstić information content (AvgIpc) is 2.96. The van der Waals surface area contributed by atoms with E-state index in [0.717, 1.165) is 12.8 Å². The van der Waals surface area contributed by atoms with Crippen LogP contribution in [-0.2, 0) is 15.9 Å². The molecular weight excluding hydrogens is 324 g/mol. The molecule has 2 aromatic rings. The molecule has 1 saturated heterocycles. The van der Waals surface area contributed by atoms with Crippen molar-refractivity contribution >= 4 is 0 Å². The van der Waals surface area contributed by atoms with E-state index in [2.05, 4.69) is 17.1 Å². The molecule has 0 bridgehead atoms. The van der Waals surface area contributed by atoms with Crippen LogP contribution in [0.4, 0.5) is 0 Å². The van der Waals surface area contributed by atoms with Crippen molar-refractivity contribution in [1.29, 1.82) is 0 Å². The monoisotopic (exact) mass is 346 g/mol. The van der Waals surface area contributed by atoms with Gasteiger partial charge in [0.05, 0.1) is 6.61 Å². The van der Waals surface area contributed by atoms with E-state index in [1.165, 1.54) is 16.3 Å². The van der Waals surface area contributed by atoms with Crippen LogP contribution in [0.15, 0.2) is 46.1 Å². The van der Waals surface area contributed by atoms with Gasteiger partial charge in [0.25, 0.3) is 5.56 Å². The highest BCUT2D eigenvalue weighted by atomic mass is 16.7. The lowest BCUT2D eigenvalue weighted by Crippen LogP contribution is -2.33. The van der Waals surface area contributed by atoms with Crippen molar-refractivity contribution in [3.8, 4) is 0 Å². The zero-order valence-corrected chi connectivity index (χ0v) is 14.1. The van der Waals surface area contributed by atoms with Crippen molar-refractivity contribution in [1.82, 2.24) is 9.55 Å². The van der Waals surface area contributed by atoms with Gasteiger partial charge < -0.3 is 14.6 Å². The van der Waals surface area contributed by atoms with E-state index in [1.54, 1.807) is 6.92 Å². The molecule has 7 nitrogen and oxygen atoms in total. The van der Waals surface area contributed by atoms with Crippen LogP contribution in [0.3, 0.4) is 0 Å². The number of nitrogens with one attached hydrogen (secondary N) is 1. The first-order valence-corrected chi connectivity index (χ1v) is 8.35. The maximum Gasteiger partial charge on any atom is 0.330 e. The summed E-state index contributed by atoms with van der Waals surface area (Å²) in [6, 6.07) is 10.1. The summed E-state index contributed by atoms with van der Waals surface area (Å²) in [4.78, 5) is 25.6. The van der Waals surface area contributed by atoms with Crippen LogP contribution in [0.1, 0.15) is 30.2 Å².